The molecule has 96 valence electrons. The van der Waals surface area contributed by atoms with E-state index in [1.54, 1.807) is 32.0 Å². The van der Waals surface area contributed by atoms with Gasteiger partial charge in [0.2, 0.25) is 0 Å². The van der Waals surface area contributed by atoms with Crippen LogP contribution in [0, 0.1) is 19.7 Å². The second-order valence-corrected chi connectivity index (χ2v) is 4.17. The highest BCUT2D eigenvalue weighted by Gasteiger charge is 2.14. The Bertz CT molecular complexity index is 753. The van der Waals surface area contributed by atoms with Crippen LogP contribution < -0.4 is 5.32 Å². The summed E-state index contributed by atoms with van der Waals surface area (Å²) in [6.45, 7) is 3.53. The maximum Gasteiger partial charge on any atom is 0.263 e. The second-order valence-electron chi connectivity index (χ2n) is 4.17. The molecule has 0 aliphatic rings. The van der Waals surface area contributed by atoms with E-state index in [0.29, 0.717) is 34.1 Å². The number of nitrogens with one attached hydrogen (secondary N) is 1. The third kappa shape index (κ3) is 2.01. The minimum absolute atomic E-state index is 0.346. The highest BCUT2D eigenvalue weighted by molar-refractivity contribution is 5.89. The van der Waals surface area contributed by atoms with Crippen molar-refractivity contribution in [3.05, 3.63) is 41.6 Å². The number of fused-ring (bicyclic) bond motifs is 1. The van der Waals surface area contributed by atoms with Crippen LogP contribution in [0.1, 0.15) is 11.5 Å². The van der Waals surface area contributed by atoms with Gasteiger partial charge in [0, 0.05) is 0 Å². The van der Waals surface area contributed by atoms with Gasteiger partial charge in [-0.3, -0.25) is 0 Å². The molecule has 1 aromatic carbocycles. The number of halogens is 1. The van der Waals surface area contributed by atoms with E-state index in [2.05, 4.69) is 20.4 Å². The van der Waals surface area contributed by atoms with E-state index < -0.39 is 0 Å². The van der Waals surface area contributed by atoms with Crippen molar-refractivity contribution in [3.63, 3.8) is 0 Å². The second kappa shape index (κ2) is 4.31. The molecule has 2 aromatic heterocycles. The topological polar surface area (TPSA) is 63.8 Å². The lowest BCUT2D eigenvalue weighted by molar-refractivity contribution is 0.442. The van der Waals surface area contributed by atoms with Crippen LogP contribution in [0.25, 0.3) is 11.1 Å². The first-order valence-electron chi connectivity index (χ1n) is 5.77. The van der Waals surface area contributed by atoms with Crippen molar-refractivity contribution in [3.8, 4) is 0 Å². The van der Waals surface area contributed by atoms with Crippen LogP contribution in [0.15, 0.2) is 28.8 Å². The Balaban J connectivity index is 2.15. The molecule has 0 saturated heterocycles. The number of nitrogens with zero attached hydrogens (tertiary/aromatic N) is 3. The highest BCUT2D eigenvalue weighted by atomic mass is 19.1. The van der Waals surface area contributed by atoms with Crippen LogP contribution in [0.3, 0.4) is 0 Å². The van der Waals surface area contributed by atoms with Crippen LogP contribution in [-0.4, -0.2) is 15.1 Å². The number of para-hydroxylation sites is 1. The van der Waals surface area contributed by atoms with Gasteiger partial charge in [-0.05, 0) is 26.0 Å². The molecule has 1 N–H and O–H groups in total. The van der Waals surface area contributed by atoms with Crippen LogP contribution in [0.5, 0.6) is 0 Å². The predicted molar refractivity (Wildman–Crippen MR) is 68.8 cm³/mol. The fourth-order valence-electron chi connectivity index (χ4n) is 1.88. The molecular formula is C13H11FN4O. The largest absolute Gasteiger partial charge is 0.337 e. The van der Waals surface area contributed by atoms with Gasteiger partial charge in [0.05, 0.1) is 11.4 Å². The van der Waals surface area contributed by atoms with Gasteiger partial charge in [0.25, 0.3) is 5.71 Å². The zero-order chi connectivity index (χ0) is 13.4. The summed E-state index contributed by atoms with van der Waals surface area (Å²) in [6, 6.07) is 6.40. The minimum Gasteiger partial charge on any atom is -0.337 e. The number of benzene rings is 1. The van der Waals surface area contributed by atoms with E-state index in [4.69, 9.17) is 4.52 Å². The number of anilines is 2. The molecule has 6 heteroatoms. The van der Waals surface area contributed by atoms with Gasteiger partial charge in [-0.25, -0.2) is 9.37 Å². The van der Waals surface area contributed by atoms with E-state index in [-0.39, 0.29) is 5.82 Å². The molecule has 0 saturated carbocycles. The average Bonchev–Trinajstić information content (AvgIpc) is 2.74. The van der Waals surface area contributed by atoms with Crippen molar-refractivity contribution >= 4 is 22.6 Å². The van der Waals surface area contributed by atoms with E-state index in [9.17, 15) is 4.39 Å². The van der Waals surface area contributed by atoms with Gasteiger partial charge in [-0.2, -0.15) is 4.98 Å². The molecule has 0 fully saturated rings. The van der Waals surface area contributed by atoms with Crippen molar-refractivity contribution in [1.29, 1.82) is 0 Å². The lowest BCUT2D eigenvalue weighted by Crippen LogP contribution is -2.00. The summed E-state index contributed by atoms with van der Waals surface area (Å²) in [5, 5.41) is 7.47. The van der Waals surface area contributed by atoms with Gasteiger partial charge in [0.1, 0.15) is 22.8 Å². The monoisotopic (exact) mass is 258 g/mol. The zero-order valence-electron chi connectivity index (χ0n) is 10.4. The Morgan fingerprint density at radius 3 is 2.74 bits per heavy atom. The van der Waals surface area contributed by atoms with Crippen LogP contribution in [-0.2, 0) is 0 Å². The Morgan fingerprint density at radius 1 is 1.16 bits per heavy atom. The summed E-state index contributed by atoms with van der Waals surface area (Å²) in [5.41, 5.74) is 1.40. The van der Waals surface area contributed by atoms with Gasteiger partial charge in [-0.1, -0.05) is 17.3 Å². The molecule has 0 bridgehead atoms. The van der Waals surface area contributed by atoms with E-state index in [0.717, 1.165) is 0 Å². The molecule has 0 aliphatic heterocycles. The van der Waals surface area contributed by atoms with Gasteiger partial charge < -0.3 is 9.84 Å². The summed E-state index contributed by atoms with van der Waals surface area (Å²) < 4.78 is 18.8. The molecule has 0 atom stereocenters. The molecule has 0 amide bonds. The molecule has 0 spiro atoms. The molecule has 2 heterocycles. The first-order chi connectivity index (χ1) is 9.15. The number of aromatic nitrogens is 3. The van der Waals surface area contributed by atoms with E-state index in [1.807, 2.05) is 0 Å². The lowest BCUT2D eigenvalue weighted by Gasteiger charge is -2.07. The van der Waals surface area contributed by atoms with E-state index in [1.165, 1.54) is 6.07 Å². The van der Waals surface area contributed by atoms with Gasteiger partial charge in [0.15, 0.2) is 0 Å². The Hall–Kier alpha value is -2.50. The van der Waals surface area contributed by atoms with Crippen molar-refractivity contribution in [2.75, 3.05) is 5.32 Å². The fraction of sp³-hybridized carbons (Fsp3) is 0.154. The first kappa shape index (κ1) is 11.6. The third-order valence-corrected chi connectivity index (χ3v) is 2.75. The Morgan fingerprint density at radius 2 is 1.95 bits per heavy atom. The fourth-order valence-corrected chi connectivity index (χ4v) is 1.88. The average molecular weight is 258 g/mol. The predicted octanol–water partition coefficient (Wildman–Crippen LogP) is 3.12. The molecule has 0 aliphatic carbocycles. The van der Waals surface area contributed by atoms with Crippen LogP contribution in [0.2, 0.25) is 0 Å². The summed E-state index contributed by atoms with van der Waals surface area (Å²) in [4.78, 5) is 8.43. The van der Waals surface area contributed by atoms with Gasteiger partial charge >= 0.3 is 0 Å². The summed E-state index contributed by atoms with van der Waals surface area (Å²) in [6.07, 6.45) is 0. The summed E-state index contributed by atoms with van der Waals surface area (Å²) >= 11 is 0. The number of hydrogen-bond acceptors (Lipinski definition) is 5. The molecular weight excluding hydrogens is 247 g/mol. The SMILES string of the molecule is Cc1nc(Nc2ccccc2F)c2c(C)noc2n1. The normalized spacial score (nSPS) is 10.9. The van der Waals surface area contributed by atoms with Crippen molar-refractivity contribution < 1.29 is 8.91 Å². The molecule has 3 aromatic rings. The highest BCUT2D eigenvalue weighted by Crippen LogP contribution is 2.27. The van der Waals surface area contributed by atoms with Gasteiger partial charge in [-0.15, -0.1) is 0 Å². The zero-order valence-corrected chi connectivity index (χ0v) is 10.4. The molecule has 5 nitrogen and oxygen atoms in total. The Kier molecular flexibility index (Phi) is 2.63. The smallest absolute Gasteiger partial charge is 0.263 e. The van der Waals surface area contributed by atoms with Crippen molar-refractivity contribution in [1.82, 2.24) is 15.1 Å². The molecule has 0 unspecified atom stereocenters. The lowest BCUT2D eigenvalue weighted by atomic mass is 10.2. The molecule has 19 heavy (non-hydrogen) atoms. The van der Waals surface area contributed by atoms with Crippen molar-refractivity contribution in [2.24, 2.45) is 0 Å². The number of rotatable bonds is 2. The number of hydrogen-bond donors (Lipinski definition) is 1. The maximum absolute atomic E-state index is 13.7. The molecule has 0 radical (unpaired) electrons. The maximum atomic E-state index is 13.7. The first-order valence-corrected chi connectivity index (χ1v) is 5.77. The van der Waals surface area contributed by atoms with Crippen molar-refractivity contribution in [2.45, 2.75) is 13.8 Å². The number of aryl methyl sites for hydroxylation is 2. The Labute approximate surface area is 108 Å². The summed E-state index contributed by atoms with van der Waals surface area (Å²) in [7, 11) is 0. The quantitative estimate of drug-likeness (QED) is 0.765. The van der Waals surface area contributed by atoms with Crippen LogP contribution >= 0.6 is 0 Å². The minimum atomic E-state index is -0.346. The molecule has 3 rings (SSSR count). The standard InChI is InChI=1S/C13H11FN4O/c1-7-11-12(15-8(2)16-13(11)19-18-7)17-10-6-4-3-5-9(10)14/h3-6H,1-2H3,(H,15,16,17). The third-order valence-electron chi connectivity index (χ3n) is 2.75. The van der Waals surface area contributed by atoms with E-state index >= 15 is 0 Å². The van der Waals surface area contributed by atoms with Crippen LogP contribution in [0.4, 0.5) is 15.9 Å². The summed E-state index contributed by atoms with van der Waals surface area (Å²) in [5.74, 6) is 0.676.